The Kier molecular flexibility index (Phi) is 4.42. The molecule has 6 nitrogen and oxygen atoms in total. The number of aryl methyl sites for hydroxylation is 2. The van der Waals surface area contributed by atoms with Crippen molar-refractivity contribution in [3.05, 3.63) is 29.2 Å². The molecule has 6 heteroatoms. The number of nitrogens with one attached hydrogen (secondary N) is 1. The second kappa shape index (κ2) is 5.96. The Morgan fingerprint density at radius 1 is 1.50 bits per heavy atom. The van der Waals surface area contributed by atoms with Gasteiger partial charge in [0.05, 0.1) is 12.8 Å². The van der Waals surface area contributed by atoms with Crippen molar-refractivity contribution >= 4 is 11.6 Å². The lowest BCUT2D eigenvalue weighted by atomic mass is 10.0. The minimum atomic E-state index is -0.419. The Morgan fingerprint density at radius 3 is 2.77 bits per heavy atom. The highest BCUT2D eigenvalue weighted by Gasteiger charge is 2.22. The topological polar surface area (TPSA) is 81.6 Å². The molecule has 120 valence electrons. The Balaban J connectivity index is 2.41. The third-order valence-corrected chi connectivity index (χ3v) is 3.89. The largest absolute Gasteiger partial charge is 0.493 e. The van der Waals surface area contributed by atoms with E-state index in [-0.39, 0.29) is 5.91 Å². The molecule has 0 aliphatic carbocycles. The molecule has 0 fully saturated rings. The molecule has 1 atom stereocenters. The van der Waals surface area contributed by atoms with Gasteiger partial charge in [0.2, 0.25) is 0 Å². The first-order valence-corrected chi connectivity index (χ1v) is 7.39. The van der Waals surface area contributed by atoms with Gasteiger partial charge in [-0.25, -0.2) is 4.98 Å². The molecule has 1 unspecified atom stereocenters. The third-order valence-electron chi connectivity index (χ3n) is 3.89. The molecule has 3 N–H and O–H groups in total. The first kappa shape index (κ1) is 16.3. The Hall–Kier alpha value is -2.08. The summed E-state index contributed by atoms with van der Waals surface area (Å²) in [7, 11) is 1.60. The van der Waals surface area contributed by atoms with Gasteiger partial charge in [-0.3, -0.25) is 9.20 Å². The fourth-order valence-electron chi connectivity index (χ4n) is 2.27. The number of hydrogen-bond donors (Lipinski definition) is 2. The summed E-state index contributed by atoms with van der Waals surface area (Å²) in [5.74, 6) is 0.474. The fourth-order valence-corrected chi connectivity index (χ4v) is 2.27. The Labute approximate surface area is 130 Å². The van der Waals surface area contributed by atoms with Gasteiger partial charge in [-0.1, -0.05) is 6.92 Å². The summed E-state index contributed by atoms with van der Waals surface area (Å²) in [5.41, 5.74) is 8.48. The van der Waals surface area contributed by atoms with Crippen LogP contribution in [0, 0.1) is 13.8 Å². The average molecular weight is 304 g/mol. The van der Waals surface area contributed by atoms with Crippen LogP contribution in [-0.2, 0) is 0 Å². The van der Waals surface area contributed by atoms with Crippen molar-refractivity contribution in [1.82, 2.24) is 14.7 Å². The molecule has 0 bridgehead atoms. The number of methoxy groups -OCH3 is 1. The number of carbonyl (C=O) groups is 1. The maximum absolute atomic E-state index is 12.5. The van der Waals surface area contributed by atoms with Gasteiger partial charge >= 0.3 is 0 Å². The van der Waals surface area contributed by atoms with Crippen LogP contribution in [0.5, 0.6) is 5.75 Å². The molecular formula is C16H24N4O2. The second-order valence-corrected chi connectivity index (χ2v) is 6.02. The SMILES string of the molecule is CCC(C)(N)CNC(=O)c1c(C)nc2c(OC)cc(C)cn12. The van der Waals surface area contributed by atoms with Crippen LogP contribution in [0.3, 0.4) is 0 Å². The summed E-state index contributed by atoms with van der Waals surface area (Å²) < 4.78 is 7.13. The lowest BCUT2D eigenvalue weighted by Crippen LogP contribution is -2.47. The van der Waals surface area contributed by atoms with Gasteiger partial charge in [0.25, 0.3) is 5.91 Å². The smallest absolute Gasteiger partial charge is 0.270 e. The number of rotatable bonds is 5. The van der Waals surface area contributed by atoms with E-state index in [0.717, 1.165) is 12.0 Å². The number of hydrogen-bond acceptors (Lipinski definition) is 4. The number of nitrogens with two attached hydrogens (primary N) is 1. The molecule has 0 aliphatic rings. The molecule has 22 heavy (non-hydrogen) atoms. The summed E-state index contributed by atoms with van der Waals surface area (Å²) in [5, 5.41) is 2.90. The van der Waals surface area contributed by atoms with Crippen molar-refractivity contribution in [1.29, 1.82) is 0 Å². The molecule has 0 saturated heterocycles. The van der Waals surface area contributed by atoms with Crippen LogP contribution in [0.4, 0.5) is 0 Å². The molecule has 0 saturated carbocycles. The monoisotopic (exact) mass is 304 g/mol. The first-order valence-electron chi connectivity index (χ1n) is 7.39. The molecule has 2 aromatic heterocycles. The zero-order valence-corrected chi connectivity index (χ0v) is 13.9. The lowest BCUT2D eigenvalue weighted by molar-refractivity contribution is 0.0937. The molecule has 2 rings (SSSR count). The van der Waals surface area contributed by atoms with Gasteiger partial charge in [-0.2, -0.15) is 0 Å². The van der Waals surface area contributed by atoms with E-state index >= 15 is 0 Å². The normalized spacial score (nSPS) is 13.9. The van der Waals surface area contributed by atoms with Crippen LogP contribution in [0.15, 0.2) is 12.3 Å². The van der Waals surface area contributed by atoms with Crippen molar-refractivity contribution in [2.45, 2.75) is 39.7 Å². The number of carbonyl (C=O) groups excluding carboxylic acids is 1. The van der Waals surface area contributed by atoms with E-state index in [2.05, 4.69) is 10.3 Å². The summed E-state index contributed by atoms with van der Waals surface area (Å²) in [6, 6.07) is 1.90. The number of nitrogens with zero attached hydrogens (tertiary/aromatic N) is 2. The third kappa shape index (κ3) is 3.06. The summed E-state index contributed by atoms with van der Waals surface area (Å²) >= 11 is 0. The molecule has 2 aromatic rings. The van der Waals surface area contributed by atoms with Gasteiger partial charge in [-0.05, 0) is 38.8 Å². The van der Waals surface area contributed by atoms with E-state index in [1.165, 1.54) is 0 Å². The predicted octanol–water partition coefficient (Wildman–Crippen LogP) is 1.82. The zero-order chi connectivity index (χ0) is 16.5. The molecule has 0 spiro atoms. The summed E-state index contributed by atoms with van der Waals surface area (Å²) in [4.78, 5) is 17.0. The molecule has 2 heterocycles. The standard InChI is InChI=1S/C16H24N4O2/c1-6-16(4,17)9-18-15(21)13-11(3)19-14-12(22-5)7-10(2)8-20(13)14/h7-8H,6,9,17H2,1-5H3,(H,18,21). The Bertz CT molecular complexity index is 704. The van der Waals surface area contributed by atoms with E-state index in [0.29, 0.717) is 29.3 Å². The van der Waals surface area contributed by atoms with E-state index < -0.39 is 5.54 Å². The number of ether oxygens (including phenoxy) is 1. The maximum Gasteiger partial charge on any atom is 0.270 e. The van der Waals surface area contributed by atoms with E-state index in [4.69, 9.17) is 10.5 Å². The Morgan fingerprint density at radius 2 is 2.18 bits per heavy atom. The number of imidazole rings is 1. The summed E-state index contributed by atoms with van der Waals surface area (Å²) in [6.07, 6.45) is 2.67. The van der Waals surface area contributed by atoms with Crippen molar-refractivity contribution in [2.24, 2.45) is 5.73 Å². The van der Waals surface area contributed by atoms with Crippen LogP contribution >= 0.6 is 0 Å². The zero-order valence-electron chi connectivity index (χ0n) is 13.9. The first-order chi connectivity index (χ1) is 10.3. The maximum atomic E-state index is 12.5. The lowest BCUT2D eigenvalue weighted by Gasteiger charge is -2.22. The number of pyridine rings is 1. The minimum Gasteiger partial charge on any atom is -0.493 e. The number of amides is 1. The molecule has 0 aromatic carbocycles. The number of aromatic nitrogens is 2. The van der Waals surface area contributed by atoms with Crippen molar-refractivity contribution in [3.63, 3.8) is 0 Å². The highest BCUT2D eigenvalue weighted by molar-refractivity contribution is 5.95. The average Bonchev–Trinajstić information content (AvgIpc) is 2.80. The molecule has 0 aliphatic heterocycles. The van der Waals surface area contributed by atoms with Crippen LogP contribution in [-0.4, -0.2) is 34.5 Å². The van der Waals surface area contributed by atoms with Gasteiger partial charge in [-0.15, -0.1) is 0 Å². The fraction of sp³-hybridized carbons (Fsp3) is 0.500. The van der Waals surface area contributed by atoms with E-state index in [1.54, 1.807) is 11.5 Å². The van der Waals surface area contributed by atoms with Crippen molar-refractivity contribution in [3.8, 4) is 5.75 Å². The van der Waals surface area contributed by atoms with Gasteiger partial charge in [0, 0.05) is 18.3 Å². The molecule has 1 amide bonds. The second-order valence-electron chi connectivity index (χ2n) is 6.02. The predicted molar refractivity (Wildman–Crippen MR) is 86.4 cm³/mol. The van der Waals surface area contributed by atoms with E-state index in [1.807, 2.05) is 40.0 Å². The van der Waals surface area contributed by atoms with Gasteiger partial charge < -0.3 is 15.8 Å². The minimum absolute atomic E-state index is 0.178. The van der Waals surface area contributed by atoms with Gasteiger partial charge in [0.1, 0.15) is 5.69 Å². The van der Waals surface area contributed by atoms with E-state index in [9.17, 15) is 4.79 Å². The molecule has 0 radical (unpaired) electrons. The van der Waals surface area contributed by atoms with Crippen LogP contribution in [0.1, 0.15) is 42.0 Å². The van der Waals surface area contributed by atoms with Crippen LogP contribution < -0.4 is 15.8 Å². The van der Waals surface area contributed by atoms with Crippen molar-refractivity contribution in [2.75, 3.05) is 13.7 Å². The quantitative estimate of drug-likeness (QED) is 0.883. The van der Waals surface area contributed by atoms with Gasteiger partial charge in [0.15, 0.2) is 11.4 Å². The van der Waals surface area contributed by atoms with Crippen LogP contribution in [0.2, 0.25) is 0 Å². The summed E-state index contributed by atoms with van der Waals surface area (Å²) in [6.45, 7) is 8.10. The van der Waals surface area contributed by atoms with Crippen LogP contribution in [0.25, 0.3) is 5.65 Å². The highest BCUT2D eigenvalue weighted by Crippen LogP contribution is 2.23. The highest BCUT2D eigenvalue weighted by atomic mass is 16.5. The number of fused-ring (bicyclic) bond motifs is 1. The molecular weight excluding hydrogens is 280 g/mol. The van der Waals surface area contributed by atoms with Crippen molar-refractivity contribution < 1.29 is 9.53 Å².